The molecule has 0 spiro atoms. The number of rotatable bonds is 3. The summed E-state index contributed by atoms with van der Waals surface area (Å²) in [5, 5.41) is 10.3. The standard InChI is InChI=1S/C18H21ClO/c1-11(2)14-6-5-7-15(12(3)4)18(14)13-8-9-16(19)17(20)10-13/h5-12,20H,1-4H3. The fourth-order valence-electron chi connectivity index (χ4n) is 2.55. The van der Waals surface area contributed by atoms with E-state index in [1.165, 1.54) is 16.7 Å². The minimum absolute atomic E-state index is 0.137. The van der Waals surface area contributed by atoms with Crippen LogP contribution < -0.4 is 0 Å². The molecule has 0 aromatic heterocycles. The SMILES string of the molecule is CC(C)c1cccc(C(C)C)c1-c1ccc(Cl)c(O)c1. The molecule has 0 aliphatic heterocycles. The number of phenols is 1. The van der Waals surface area contributed by atoms with Crippen molar-refractivity contribution in [3.05, 3.63) is 52.5 Å². The van der Waals surface area contributed by atoms with E-state index in [0.29, 0.717) is 16.9 Å². The van der Waals surface area contributed by atoms with E-state index < -0.39 is 0 Å². The van der Waals surface area contributed by atoms with Crippen LogP contribution in [-0.2, 0) is 0 Å². The Morgan fingerprint density at radius 2 is 1.45 bits per heavy atom. The van der Waals surface area contributed by atoms with Gasteiger partial charge in [0.15, 0.2) is 0 Å². The second-order valence-electron chi connectivity index (χ2n) is 5.79. The Balaban J connectivity index is 2.72. The fourth-order valence-corrected chi connectivity index (χ4v) is 2.67. The van der Waals surface area contributed by atoms with Crippen molar-refractivity contribution in [2.45, 2.75) is 39.5 Å². The van der Waals surface area contributed by atoms with Gasteiger partial charge in [0.2, 0.25) is 0 Å². The summed E-state index contributed by atoms with van der Waals surface area (Å²) in [6.45, 7) is 8.77. The second-order valence-corrected chi connectivity index (χ2v) is 6.19. The van der Waals surface area contributed by atoms with Crippen LogP contribution in [0.5, 0.6) is 5.75 Å². The van der Waals surface area contributed by atoms with Crippen LogP contribution >= 0.6 is 11.6 Å². The molecule has 0 aliphatic carbocycles. The molecule has 0 amide bonds. The highest BCUT2D eigenvalue weighted by Crippen LogP contribution is 2.38. The number of aromatic hydroxyl groups is 1. The highest BCUT2D eigenvalue weighted by Gasteiger charge is 2.16. The molecule has 0 saturated carbocycles. The van der Waals surface area contributed by atoms with Gasteiger partial charge >= 0.3 is 0 Å². The Bertz CT molecular complexity index is 589. The van der Waals surface area contributed by atoms with Gasteiger partial charge in [-0.15, -0.1) is 0 Å². The van der Waals surface area contributed by atoms with Gasteiger partial charge in [-0.3, -0.25) is 0 Å². The van der Waals surface area contributed by atoms with E-state index in [-0.39, 0.29) is 5.75 Å². The van der Waals surface area contributed by atoms with Crippen LogP contribution in [0.4, 0.5) is 0 Å². The Kier molecular flexibility index (Phi) is 4.39. The summed E-state index contributed by atoms with van der Waals surface area (Å²) in [6, 6.07) is 11.9. The van der Waals surface area contributed by atoms with Crippen LogP contribution in [-0.4, -0.2) is 5.11 Å². The first-order chi connectivity index (χ1) is 9.41. The summed E-state index contributed by atoms with van der Waals surface area (Å²) < 4.78 is 0. The van der Waals surface area contributed by atoms with Gasteiger partial charge in [-0.25, -0.2) is 0 Å². The van der Waals surface area contributed by atoms with E-state index >= 15 is 0 Å². The Morgan fingerprint density at radius 1 is 0.900 bits per heavy atom. The summed E-state index contributed by atoms with van der Waals surface area (Å²) >= 11 is 5.92. The van der Waals surface area contributed by atoms with E-state index in [1.54, 1.807) is 12.1 Å². The molecule has 0 atom stereocenters. The number of hydrogen-bond acceptors (Lipinski definition) is 1. The molecular formula is C18H21ClO. The second kappa shape index (κ2) is 5.88. The molecular weight excluding hydrogens is 268 g/mol. The molecule has 0 saturated heterocycles. The van der Waals surface area contributed by atoms with Crippen LogP contribution in [0.3, 0.4) is 0 Å². The summed E-state index contributed by atoms with van der Waals surface area (Å²) in [5.74, 6) is 1.00. The van der Waals surface area contributed by atoms with E-state index in [9.17, 15) is 5.11 Å². The predicted molar refractivity (Wildman–Crippen MR) is 86.7 cm³/mol. The first-order valence-corrected chi connectivity index (χ1v) is 7.41. The van der Waals surface area contributed by atoms with Crippen molar-refractivity contribution >= 4 is 11.6 Å². The van der Waals surface area contributed by atoms with Gasteiger partial charge in [-0.1, -0.05) is 63.6 Å². The summed E-state index contributed by atoms with van der Waals surface area (Å²) in [5.41, 5.74) is 4.86. The average molecular weight is 289 g/mol. The molecule has 0 aliphatic rings. The highest BCUT2D eigenvalue weighted by molar-refractivity contribution is 6.32. The van der Waals surface area contributed by atoms with Gasteiger partial charge in [0, 0.05) is 0 Å². The molecule has 2 heteroatoms. The van der Waals surface area contributed by atoms with Gasteiger partial charge in [-0.05, 0) is 46.2 Å². The molecule has 0 heterocycles. The molecule has 0 unspecified atom stereocenters. The van der Waals surface area contributed by atoms with E-state index in [4.69, 9.17) is 11.6 Å². The minimum atomic E-state index is 0.137. The lowest BCUT2D eigenvalue weighted by Crippen LogP contribution is -1.99. The smallest absolute Gasteiger partial charge is 0.134 e. The van der Waals surface area contributed by atoms with Gasteiger partial charge in [-0.2, -0.15) is 0 Å². The topological polar surface area (TPSA) is 20.2 Å². The molecule has 1 N–H and O–H groups in total. The molecule has 20 heavy (non-hydrogen) atoms. The lowest BCUT2D eigenvalue weighted by atomic mass is 9.85. The third-order valence-corrected chi connectivity index (χ3v) is 3.93. The summed E-state index contributed by atoms with van der Waals surface area (Å²) in [7, 11) is 0. The molecule has 2 aromatic rings. The lowest BCUT2D eigenvalue weighted by Gasteiger charge is -2.20. The number of benzene rings is 2. The molecule has 2 rings (SSSR count). The maximum Gasteiger partial charge on any atom is 0.134 e. The zero-order valence-corrected chi connectivity index (χ0v) is 13.2. The van der Waals surface area contributed by atoms with Crippen molar-refractivity contribution < 1.29 is 5.11 Å². The quantitative estimate of drug-likeness (QED) is 0.739. The van der Waals surface area contributed by atoms with E-state index in [0.717, 1.165) is 5.56 Å². The van der Waals surface area contributed by atoms with Crippen LogP contribution in [0, 0.1) is 0 Å². The van der Waals surface area contributed by atoms with Gasteiger partial charge in [0.25, 0.3) is 0 Å². The van der Waals surface area contributed by atoms with Crippen molar-refractivity contribution in [1.29, 1.82) is 0 Å². The van der Waals surface area contributed by atoms with Crippen LogP contribution in [0.2, 0.25) is 5.02 Å². The Labute approximate surface area is 126 Å². The van der Waals surface area contributed by atoms with Crippen molar-refractivity contribution in [3.63, 3.8) is 0 Å². The summed E-state index contributed by atoms with van der Waals surface area (Å²) in [6.07, 6.45) is 0. The predicted octanol–water partition coefficient (Wildman–Crippen LogP) is 5.96. The first kappa shape index (κ1) is 14.9. The third-order valence-electron chi connectivity index (χ3n) is 3.61. The van der Waals surface area contributed by atoms with Gasteiger partial charge in [0.05, 0.1) is 5.02 Å². The Morgan fingerprint density at radius 3 is 1.90 bits per heavy atom. The molecule has 2 aromatic carbocycles. The normalized spacial score (nSPS) is 11.3. The lowest BCUT2D eigenvalue weighted by molar-refractivity contribution is 0.476. The molecule has 0 fully saturated rings. The Hall–Kier alpha value is -1.47. The highest BCUT2D eigenvalue weighted by atomic mass is 35.5. The monoisotopic (exact) mass is 288 g/mol. The van der Waals surface area contributed by atoms with Crippen LogP contribution in [0.25, 0.3) is 11.1 Å². The van der Waals surface area contributed by atoms with Crippen molar-refractivity contribution in [3.8, 4) is 16.9 Å². The molecule has 106 valence electrons. The van der Waals surface area contributed by atoms with Gasteiger partial charge < -0.3 is 5.11 Å². The van der Waals surface area contributed by atoms with Crippen LogP contribution in [0.1, 0.15) is 50.7 Å². The van der Waals surface area contributed by atoms with Crippen molar-refractivity contribution in [2.75, 3.05) is 0 Å². The summed E-state index contributed by atoms with van der Waals surface area (Å²) in [4.78, 5) is 0. The zero-order valence-electron chi connectivity index (χ0n) is 12.4. The average Bonchev–Trinajstić information content (AvgIpc) is 2.41. The van der Waals surface area contributed by atoms with Crippen molar-refractivity contribution in [2.24, 2.45) is 0 Å². The van der Waals surface area contributed by atoms with Gasteiger partial charge in [0.1, 0.15) is 5.75 Å². The first-order valence-electron chi connectivity index (χ1n) is 7.03. The third kappa shape index (κ3) is 2.83. The van der Waals surface area contributed by atoms with Crippen molar-refractivity contribution in [1.82, 2.24) is 0 Å². The molecule has 0 bridgehead atoms. The van der Waals surface area contributed by atoms with Crippen LogP contribution in [0.15, 0.2) is 36.4 Å². The molecule has 1 nitrogen and oxygen atoms in total. The van der Waals surface area contributed by atoms with E-state index in [2.05, 4.69) is 45.9 Å². The van der Waals surface area contributed by atoms with E-state index in [1.807, 2.05) is 6.07 Å². The number of phenolic OH excluding ortho intramolecular Hbond substituents is 1. The zero-order chi connectivity index (χ0) is 14.9. The molecule has 0 radical (unpaired) electrons. The largest absolute Gasteiger partial charge is 0.506 e. The minimum Gasteiger partial charge on any atom is -0.506 e. The fraction of sp³-hybridized carbons (Fsp3) is 0.333. The number of halogens is 1. The maximum absolute atomic E-state index is 9.89. The maximum atomic E-state index is 9.89. The number of hydrogen-bond donors (Lipinski definition) is 1.